The number of H-pyrrole nitrogens is 1. The second-order valence-corrected chi connectivity index (χ2v) is 5.25. The maximum absolute atomic E-state index is 11.8. The molecule has 2 aromatic carbocycles. The molecule has 6 heteroatoms. The molecule has 1 heterocycles. The van der Waals surface area contributed by atoms with Crippen LogP contribution in [0.5, 0.6) is 5.75 Å². The second kappa shape index (κ2) is 6.98. The summed E-state index contributed by atoms with van der Waals surface area (Å²) >= 11 is 5.85. The Morgan fingerprint density at radius 2 is 1.83 bits per heavy atom. The molecule has 0 spiro atoms. The van der Waals surface area contributed by atoms with E-state index in [-0.39, 0.29) is 12.2 Å². The number of aromatic amines is 1. The van der Waals surface area contributed by atoms with Crippen molar-refractivity contribution >= 4 is 23.1 Å². The number of rotatable bonds is 5. The molecule has 3 aromatic rings. The number of hydrogen-bond donors (Lipinski definition) is 2. The molecule has 0 radical (unpaired) electrons. The van der Waals surface area contributed by atoms with Crippen LogP contribution in [-0.4, -0.2) is 9.97 Å². The lowest BCUT2D eigenvalue weighted by atomic mass is 10.3. The van der Waals surface area contributed by atoms with E-state index in [0.717, 1.165) is 5.69 Å². The molecule has 23 heavy (non-hydrogen) atoms. The summed E-state index contributed by atoms with van der Waals surface area (Å²) in [6, 6.07) is 17.9. The Kier molecular flexibility index (Phi) is 4.59. The molecule has 0 unspecified atom stereocenters. The van der Waals surface area contributed by atoms with Gasteiger partial charge in [-0.2, -0.15) is 0 Å². The summed E-state index contributed by atoms with van der Waals surface area (Å²) in [4.78, 5) is 18.8. The van der Waals surface area contributed by atoms with Gasteiger partial charge < -0.3 is 15.0 Å². The monoisotopic (exact) mass is 327 g/mol. The molecule has 0 saturated carbocycles. The first-order valence-electron chi connectivity index (χ1n) is 7.00. The van der Waals surface area contributed by atoms with E-state index < -0.39 is 0 Å². The largest absolute Gasteiger partial charge is 0.486 e. The Labute approximate surface area is 137 Å². The normalized spacial score (nSPS) is 10.3. The van der Waals surface area contributed by atoms with Crippen LogP contribution in [0.4, 0.5) is 11.5 Å². The molecule has 0 fully saturated rings. The van der Waals surface area contributed by atoms with Crippen molar-refractivity contribution < 1.29 is 4.74 Å². The summed E-state index contributed by atoms with van der Waals surface area (Å²) in [7, 11) is 0. The van der Waals surface area contributed by atoms with Gasteiger partial charge in [0.2, 0.25) is 0 Å². The van der Waals surface area contributed by atoms with Gasteiger partial charge in [-0.25, -0.2) is 4.98 Å². The van der Waals surface area contributed by atoms with E-state index in [1.165, 1.54) is 6.07 Å². The molecular weight excluding hydrogens is 314 g/mol. The third kappa shape index (κ3) is 4.34. The Hall–Kier alpha value is -2.79. The zero-order valence-electron chi connectivity index (χ0n) is 12.1. The lowest BCUT2D eigenvalue weighted by molar-refractivity contribution is 0.295. The van der Waals surface area contributed by atoms with E-state index in [1.807, 2.05) is 42.5 Å². The predicted octanol–water partition coefficient (Wildman–Crippen LogP) is 3.75. The first-order valence-corrected chi connectivity index (χ1v) is 7.37. The van der Waals surface area contributed by atoms with E-state index >= 15 is 0 Å². The van der Waals surface area contributed by atoms with Gasteiger partial charge in [0.15, 0.2) is 0 Å². The quantitative estimate of drug-likeness (QED) is 0.749. The van der Waals surface area contributed by atoms with Gasteiger partial charge in [-0.15, -0.1) is 0 Å². The smallest absolute Gasteiger partial charge is 0.253 e. The SMILES string of the molecule is O=c1cc(Nc2ccc(Cl)cc2)nc(COc2ccccc2)[nH]1. The fraction of sp³-hybridized carbons (Fsp3) is 0.0588. The van der Waals surface area contributed by atoms with Gasteiger partial charge in [0.1, 0.15) is 24.0 Å². The Balaban J connectivity index is 1.73. The van der Waals surface area contributed by atoms with Gasteiger partial charge >= 0.3 is 0 Å². The van der Waals surface area contributed by atoms with Gasteiger partial charge in [-0.3, -0.25) is 4.79 Å². The maximum atomic E-state index is 11.8. The fourth-order valence-corrected chi connectivity index (χ4v) is 2.12. The number of nitrogens with zero attached hydrogens (tertiary/aromatic N) is 1. The van der Waals surface area contributed by atoms with Crippen LogP contribution in [-0.2, 0) is 6.61 Å². The van der Waals surface area contributed by atoms with Gasteiger partial charge in [0, 0.05) is 16.8 Å². The van der Waals surface area contributed by atoms with Gasteiger partial charge in [-0.05, 0) is 36.4 Å². The number of nitrogens with one attached hydrogen (secondary N) is 2. The highest BCUT2D eigenvalue weighted by molar-refractivity contribution is 6.30. The lowest BCUT2D eigenvalue weighted by Gasteiger charge is -2.08. The highest BCUT2D eigenvalue weighted by Gasteiger charge is 2.03. The van der Waals surface area contributed by atoms with Crippen molar-refractivity contribution in [3.8, 4) is 5.75 Å². The average Bonchev–Trinajstić information content (AvgIpc) is 2.56. The average molecular weight is 328 g/mol. The van der Waals surface area contributed by atoms with E-state index in [1.54, 1.807) is 12.1 Å². The Morgan fingerprint density at radius 3 is 2.57 bits per heavy atom. The van der Waals surface area contributed by atoms with Crippen LogP contribution in [0.25, 0.3) is 0 Å². The molecule has 1 aromatic heterocycles. The van der Waals surface area contributed by atoms with Crippen LogP contribution < -0.4 is 15.6 Å². The summed E-state index contributed by atoms with van der Waals surface area (Å²) in [6.45, 7) is 0.176. The number of halogens is 1. The van der Waals surface area contributed by atoms with Crippen LogP contribution in [0.2, 0.25) is 5.02 Å². The number of ether oxygens (including phenoxy) is 1. The minimum atomic E-state index is -0.247. The van der Waals surface area contributed by atoms with Crippen molar-refractivity contribution in [2.24, 2.45) is 0 Å². The van der Waals surface area contributed by atoms with Crippen molar-refractivity contribution in [3.63, 3.8) is 0 Å². The zero-order chi connectivity index (χ0) is 16.1. The number of hydrogen-bond acceptors (Lipinski definition) is 4. The van der Waals surface area contributed by atoms with Gasteiger partial charge in [0.25, 0.3) is 5.56 Å². The van der Waals surface area contributed by atoms with Crippen molar-refractivity contribution in [1.29, 1.82) is 0 Å². The molecule has 0 aliphatic heterocycles. The van der Waals surface area contributed by atoms with Crippen LogP contribution in [0.3, 0.4) is 0 Å². The van der Waals surface area contributed by atoms with Crippen LogP contribution in [0.15, 0.2) is 65.5 Å². The minimum absolute atomic E-state index is 0.176. The highest BCUT2D eigenvalue weighted by Crippen LogP contribution is 2.17. The van der Waals surface area contributed by atoms with Crippen LogP contribution >= 0.6 is 11.6 Å². The van der Waals surface area contributed by atoms with Crippen LogP contribution in [0.1, 0.15) is 5.82 Å². The second-order valence-electron chi connectivity index (χ2n) is 4.81. The van der Waals surface area contributed by atoms with Crippen LogP contribution in [0, 0.1) is 0 Å². The van der Waals surface area contributed by atoms with E-state index in [0.29, 0.717) is 22.4 Å². The molecular formula is C17H14ClN3O2. The molecule has 0 saturated heterocycles. The molecule has 5 nitrogen and oxygen atoms in total. The summed E-state index contributed by atoms with van der Waals surface area (Å²) in [5.41, 5.74) is 0.547. The number of benzene rings is 2. The molecule has 0 amide bonds. The Bertz CT molecular complexity index is 832. The molecule has 0 atom stereocenters. The Morgan fingerprint density at radius 1 is 1.09 bits per heavy atom. The fourth-order valence-electron chi connectivity index (χ4n) is 1.99. The minimum Gasteiger partial charge on any atom is -0.486 e. The van der Waals surface area contributed by atoms with Gasteiger partial charge in [0.05, 0.1) is 0 Å². The third-order valence-corrected chi connectivity index (χ3v) is 3.28. The predicted molar refractivity (Wildman–Crippen MR) is 90.4 cm³/mol. The molecule has 116 valence electrons. The first-order chi connectivity index (χ1) is 11.2. The molecule has 3 rings (SSSR count). The molecule has 0 aliphatic carbocycles. The van der Waals surface area contributed by atoms with Crippen molar-refractivity contribution in [1.82, 2.24) is 9.97 Å². The first kappa shape index (κ1) is 15.1. The molecule has 0 aliphatic rings. The van der Waals surface area contributed by atoms with Gasteiger partial charge in [-0.1, -0.05) is 29.8 Å². The zero-order valence-corrected chi connectivity index (χ0v) is 12.9. The van der Waals surface area contributed by atoms with E-state index in [4.69, 9.17) is 16.3 Å². The topological polar surface area (TPSA) is 67.0 Å². The van der Waals surface area contributed by atoms with Crippen molar-refractivity contribution in [3.05, 3.63) is 81.9 Å². The maximum Gasteiger partial charge on any atom is 0.253 e. The van der Waals surface area contributed by atoms with E-state index in [9.17, 15) is 4.79 Å². The summed E-state index contributed by atoms with van der Waals surface area (Å²) in [6.07, 6.45) is 0. The highest BCUT2D eigenvalue weighted by atomic mass is 35.5. The number of aromatic nitrogens is 2. The number of anilines is 2. The van der Waals surface area contributed by atoms with Crippen molar-refractivity contribution in [2.75, 3.05) is 5.32 Å². The third-order valence-electron chi connectivity index (χ3n) is 3.03. The van der Waals surface area contributed by atoms with E-state index in [2.05, 4.69) is 15.3 Å². The molecule has 0 bridgehead atoms. The molecule has 2 N–H and O–H groups in total. The number of para-hydroxylation sites is 1. The standard InChI is InChI=1S/C17H14ClN3O2/c18-12-6-8-13(9-7-12)19-15-10-17(22)21-16(20-15)11-23-14-4-2-1-3-5-14/h1-10H,11H2,(H2,19,20,21,22). The van der Waals surface area contributed by atoms with Crippen molar-refractivity contribution in [2.45, 2.75) is 6.61 Å². The summed E-state index contributed by atoms with van der Waals surface area (Å²) in [5, 5.41) is 3.71. The summed E-state index contributed by atoms with van der Waals surface area (Å²) in [5.74, 6) is 1.60. The summed E-state index contributed by atoms with van der Waals surface area (Å²) < 4.78 is 5.59. The lowest BCUT2D eigenvalue weighted by Crippen LogP contribution is -2.14.